The van der Waals surface area contributed by atoms with Crippen LogP contribution in [0.4, 0.5) is 0 Å². The van der Waals surface area contributed by atoms with Gasteiger partial charge >= 0.3 is 0 Å². The predicted molar refractivity (Wildman–Crippen MR) is 142 cm³/mol. The van der Waals surface area contributed by atoms with Crippen LogP contribution in [0.1, 0.15) is 23.6 Å². The van der Waals surface area contributed by atoms with Crippen molar-refractivity contribution in [2.45, 2.75) is 32.1 Å². The fourth-order valence-corrected chi connectivity index (χ4v) is 5.27. The molecule has 0 aliphatic rings. The molecule has 184 valence electrons. The summed E-state index contributed by atoms with van der Waals surface area (Å²) in [6.07, 6.45) is 2.05. The number of nitrogens with one attached hydrogen (secondary N) is 2. The number of hydrogen-bond acceptors (Lipinski definition) is 5. The average molecular weight is 493 g/mol. The molecule has 7 nitrogen and oxygen atoms in total. The summed E-state index contributed by atoms with van der Waals surface area (Å²) < 4.78 is 25.2. The van der Waals surface area contributed by atoms with Crippen LogP contribution < -0.4 is 5.32 Å². The lowest BCUT2D eigenvalue weighted by atomic mass is 9.92. The number of likely N-dealkylation sites (N-methyl/N-ethyl adjacent to an activating group) is 1. The number of carbonyl (C=O) groups excluding carboxylic acids is 1. The molecule has 0 saturated heterocycles. The van der Waals surface area contributed by atoms with Gasteiger partial charge in [0.05, 0.1) is 22.6 Å². The molecule has 0 aliphatic carbocycles. The van der Waals surface area contributed by atoms with Gasteiger partial charge in [0.2, 0.25) is 5.91 Å². The lowest BCUT2D eigenvalue weighted by Crippen LogP contribution is -2.32. The van der Waals surface area contributed by atoms with Gasteiger partial charge in [-0.3, -0.25) is 4.79 Å². The molecule has 8 heteroatoms. The van der Waals surface area contributed by atoms with E-state index < -0.39 is 9.84 Å². The molecular formula is C27H32N4O3S. The van der Waals surface area contributed by atoms with E-state index in [2.05, 4.69) is 21.4 Å². The van der Waals surface area contributed by atoms with Gasteiger partial charge in [-0.25, -0.2) is 13.4 Å². The SMILES string of the molecule is CCS(=O)(=O)c1cccc(-c2cc(CC(=O)NCCN(C)C)c(C)c3[nH]c4ncc(C)cc4c23)c1. The Morgan fingerprint density at radius 2 is 1.91 bits per heavy atom. The van der Waals surface area contributed by atoms with E-state index in [-0.39, 0.29) is 18.1 Å². The van der Waals surface area contributed by atoms with Crippen LogP contribution in [0, 0.1) is 13.8 Å². The van der Waals surface area contributed by atoms with E-state index in [1.807, 2.05) is 51.2 Å². The molecule has 0 unspecified atom stereocenters. The van der Waals surface area contributed by atoms with Crippen LogP contribution in [-0.2, 0) is 21.1 Å². The highest BCUT2D eigenvalue weighted by molar-refractivity contribution is 7.91. The standard InChI is InChI=1S/C27H32N4O3S/c1-6-35(33,34)21-9-7-8-19(13-21)22-14-20(15-24(32)28-10-11-31(4)5)18(3)26-25(22)23-12-17(2)16-29-27(23)30-26/h7-9,12-14,16H,6,10-11,15H2,1-5H3,(H,28,32)(H,29,30). The first kappa shape index (κ1) is 24.9. The Morgan fingerprint density at radius 1 is 1.14 bits per heavy atom. The highest BCUT2D eigenvalue weighted by atomic mass is 32.2. The molecule has 4 aromatic rings. The molecule has 1 amide bonds. The second kappa shape index (κ2) is 9.79. The van der Waals surface area contributed by atoms with Crippen molar-refractivity contribution in [2.24, 2.45) is 0 Å². The van der Waals surface area contributed by atoms with Gasteiger partial charge < -0.3 is 15.2 Å². The maximum atomic E-state index is 12.7. The summed E-state index contributed by atoms with van der Waals surface area (Å²) in [5.41, 5.74) is 6.26. The third kappa shape index (κ3) is 5.09. The van der Waals surface area contributed by atoms with Crippen LogP contribution in [0.15, 0.2) is 47.5 Å². The molecule has 4 rings (SSSR count). The fourth-order valence-electron chi connectivity index (χ4n) is 4.34. The number of aryl methyl sites for hydroxylation is 2. The number of fused-ring (bicyclic) bond motifs is 3. The van der Waals surface area contributed by atoms with Crippen molar-refractivity contribution in [3.63, 3.8) is 0 Å². The Kier molecular flexibility index (Phi) is 6.96. The minimum atomic E-state index is -3.36. The number of nitrogens with zero attached hydrogens (tertiary/aromatic N) is 2. The normalized spacial score (nSPS) is 12.1. The highest BCUT2D eigenvalue weighted by Crippen LogP contribution is 2.38. The van der Waals surface area contributed by atoms with Gasteiger partial charge in [0.25, 0.3) is 0 Å². The van der Waals surface area contributed by atoms with Crippen LogP contribution in [0.25, 0.3) is 33.1 Å². The maximum absolute atomic E-state index is 12.7. The first-order chi connectivity index (χ1) is 16.6. The van der Waals surface area contributed by atoms with Gasteiger partial charge in [0.15, 0.2) is 9.84 Å². The van der Waals surface area contributed by atoms with Crippen molar-refractivity contribution < 1.29 is 13.2 Å². The Hall–Kier alpha value is -3.23. The molecule has 0 aliphatic heterocycles. The summed E-state index contributed by atoms with van der Waals surface area (Å²) in [6.45, 7) is 6.99. The van der Waals surface area contributed by atoms with Crippen LogP contribution in [0.5, 0.6) is 0 Å². The van der Waals surface area contributed by atoms with E-state index in [1.54, 1.807) is 25.1 Å². The maximum Gasteiger partial charge on any atom is 0.224 e. The van der Waals surface area contributed by atoms with E-state index in [4.69, 9.17) is 0 Å². The Morgan fingerprint density at radius 3 is 2.63 bits per heavy atom. The zero-order valence-corrected chi connectivity index (χ0v) is 21.7. The van der Waals surface area contributed by atoms with Crippen molar-refractivity contribution in [3.05, 3.63) is 59.3 Å². The molecule has 2 aromatic heterocycles. The zero-order valence-electron chi connectivity index (χ0n) is 20.9. The molecule has 2 N–H and O–H groups in total. The molecule has 0 radical (unpaired) electrons. The van der Waals surface area contributed by atoms with Crippen LogP contribution in [-0.4, -0.2) is 62.1 Å². The van der Waals surface area contributed by atoms with Crippen molar-refractivity contribution in [3.8, 4) is 11.1 Å². The van der Waals surface area contributed by atoms with Gasteiger partial charge in [-0.1, -0.05) is 19.1 Å². The summed E-state index contributed by atoms with van der Waals surface area (Å²) >= 11 is 0. The summed E-state index contributed by atoms with van der Waals surface area (Å²) in [5.74, 6) is -0.0124. The minimum absolute atomic E-state index is 0.0360. The van der Waals surface area contributed by atoms with Crippen molar-refractivity contribution >= 4 is 37.7 Å². The van der Waals surface area contributed by atoms with Gasteiger partial charge in [-0.15, -0.1) is 0 Å². The third-order valence-corrected chi connectivity index (χ3v) is 8.08. The molecule has 2 aromatic carbocycles. The molecule has 0 fully saturated rings. The Bertz CT molecular complexity index is 1520. The molecule has 0 saturated carbocycles. The molecule has 0 spiro atoms. The number of aromatic nitrogens is 2. The highest BCUT2D eigenvalue weighted by Gasteiger charge is 2.20. The van der Waals surface area contributed by atoms with Gasteiger partial charge in [-0.05, 0) is 80.0 Å². The number of aromatic amines is 1. The van der Waals surface area contributed by atoms with E-state index in [9.17, 15) is 13.2 Å². The number of carbonyl (C=O) groups is 1. The number of pyridine rings is 1. The predicted octanol–water partition coefficient (Wildman–Crippen LogP) is 4.01. The van der Waals surface area contributed by atoms with E-state index in [1.165, 1.54) is 0 Å². The first-order valence-corrected chi connectivity index (χ1v) is 13.4. The Balaban J connectivity index is 1.90. The van der Waals surface area contributed by atoms with Crippen molar-refractivity contribution in [2.75, 3.05) is 32.9 Å². The second-order valence-corrected chi connectivity index (χ2v) is 11.5. The average Bonchev–Trinajstić information content (AvgIpc) is 3.20. The van der Waals surface area contributed by atoms with E-state index in [0.717, 1.165) is 56.3 Å². The number of benzene rings is 2. The number of sulfone groups is 1. The lowest BCUT2D eigenvalue weighted by molar-refractivity contribution is -0.120. The van der Waals surface area contributed by atoms with E-state index in [0.29, 0.717) is 11.4 Å². The van der Waals surface area contributed by atoms with Gasteiger partial charge in [0.1, 0.15) is 5.65 Å². The van der Waals surface area contributed by atoms with Crippen molar-refractivity contribution in [1.82, 2.24) is 20.2 Å². The number of amides is 1. The minimum Gasteiger partial charge on any atom is -0.355 e. The van der Waals surface area contributed by atoms with Crippen LogP contribution >= 0.6 is 0 Å². The monoisotopic (exact) mass is 492 g/mol. The molecule has 2 heterocycles. The first-order valence-electron chi connectivity index (χ1n) is 11.8. The largest absolute Gasteiger partial charge is 0.355 e. The van der Waals surface area contributed by atoms with Crippen LogP contribution in [0.2, 0.25) is 0 Å². The molecule has 0 atom stereocenters. The smallest absolute Gasteiger partial charge is 0.224 e. The quantitative estimate of drug-likeness (QED) is 0.387. The number of rotatable bonds is 8. The summed E-state index contributed by atoms with van der Waals surface area (Å²) in [7, 11) is 0.574. The summed E-state index contributed by atoms with van der Waals surface area (Å²) in [4.78, 5) is 23.1. The van der Waals surface area contributed by atoms with Gasteiger partial charge in [0, 0.05) is 30.1 Å². The topological polar surface area (TPSA) is 95.2 Å². The Labute approximate surface area is 206 Å². The summed E-state index contributed by atoms with van der Waals surface area (Å²) in [5, 5.41) is 4.94. The number of H-pyrrole nitrogens is 1. The zero-order chi connectivity index (χ0) is 25.3. The molecular weight excluding hydrogens is 460 g/mol. The van der Waals surface area contributed by atoms with Crippen molar-refractivity contribution in [1.29, 1.82) is 0 Å². The molecule has 0 bridgehead atoms. The second-order valence-electron chi connectivity index (χ2n) is 9.25. The molecule has 35 heavy (non-hydrogen) atoms. The summed E-state index contributed by atoms with van der Waals surface area (Å²) in [6, 6.07) is 11.2. The van der Waals surface area contributed by atoms with Gasteiger partial charge in [-0.2, -0.15) is 0 Å². The van der Waals surface area contributed by atoms with Crippen LogP contribution in [0.3, 0.4) is 0 Å². The van der Waals surface area contributed by atoms with E-state index >= 15 is 0 Å². The fraction of sp³-hybridized carbons (Fsp3) is 0.333. The third-order valence-electron chi connectivity index (χ3n) is 6.35. The lowest BCUT2D eigenvalue weighted by Gasteiger charge is -2.14. The number of hydrogen-bond donors (Lipinski definition) is 2.